The normalized spacial score (nSPS) is 12.4. The summed E-state index contributed by atoms with van der Waals surface area (Å²) in [7, 11) is -3.24. The van der Waals surface area contributed by atoms with Crippen molar-refractivity contribution in [1.82, 2.24) is 4.72 Å². The molecule has 0 spiro atoms. The molecule has 7 nitrogen and oxygen atoms in total. The van der Waals surface area contributed by atoms with Crippen LogP contribution in [-0.4, -0.2) is 45.7 Å². The number of Topliss-reactive ketones (excluding diaryl/α,β-unsaturated/α-hetero) is 1. The second-order valence-electron chi connectivity index (χ2n) is 6.29. The number of benzene rings is 1. The van der Waals surface area contributed by atoms with E-state index in [1.807, 2.05) is 19.1 Å². The van der Waals surface area contributed by atoms with Crippen molar-refractivity contribution in [2.24, 2.45) is 0 Å². The average molecular weight is 426 g/mol. The number of hydrogen-bond donors (Lipinski definition) is 1. The van der Waals surface area contributed by atoms with E-state index in [1.165, 1.54) is 11.3 Å². The van der Waals surface area contributed by atoms with Crippen molar-refractivity contribution in [2.75, 3.05) is 19.4 Å². The summed E-state index contributed by atoms with van der Waals surface area (Å²) >= 11 is 1.25. The number of nitrogens with one attached hydrogen (secondary N) is 1. The Balaban J connectivity index is 1.79. The van der Waals surface area contributed by atoms with E-state index < -0.39 is 22.1 Å². The zero-order valence-electron chi connectivity index (χ0n) is 15.9. The molecule has 0 bridgehead atoms. The Kier molecular flexibility index (Phi) is 7.73. The van der Waals surface area contributed by atoms with E-state index >= 15 is 0 Å². The number of sulfonamides is 1. The van der Waals surface area contributed by atoms with E-state index in [1.54, 1.807) is 31.2 Å². The molecule has 1 aromatic carbocycles. The van der Waals surface area contributed by atoms with Crippen molar-refractivity contribution in [3.63, 3.8) is 0 Å². The molecule has 0 aliphatic carbocycles. The molecule has 1 unspecified atom stereocenters. The van der Waals surface area contributed by atoms with Crippen LogP contribution >= 0.6 is 11.3 Å². The van der Waals surface area contributed by atoms with E-state index in [9.17, 15) is 18.0 Å². The summed E-state index contributed by atoms with van der Waals surface area (Å²) in [6.45, 7) is 3.40. The highest BCUT2D eigenvalue weighted by Crippen LogP contribution is 2.18. The maximum atomic E-state index is 12.2. The third kappa shape index (κ3) is 7.41. The van der Waals surface area contributed by atoms with Crippen LogP contribution in [0.25, 0.3) is 0 Å². The van der Waals surface area contributed by atoms with Crippen LogP contribution in [0.15, 0.2) is 36.4 Å². The molecular weight excluding hydrogens is 402 g/mol. The van der Waals surface area contributed by atoms with Crippen LogP contribution in [0.2, 0.25) is 0 Å². The van der Waals surface area contributed by atoms with Crippen LogP contribution in [0.4, 0.5) is 0 Å². The van der Waals surface area contributed by atoms with Crippen LogP contribution in [0.3, 0.4) is 0 Å². The zero-order valence-corrected chi connectivity index (χ0v) is 17.6. The van der Waals surface area contributed by atoms with E-state index in [2.05, 4.69) is 4.72 Å². The summed E-state index contributed by atoms with van der Waals surface area (Å²) in [5, 5.41) is 0. The quantitative estimate of drug-likeness (QED) is 0.463. The highest BCUT2D eigenvalue weighted by Gasteiger charge is 2.19. The summed E-state index contributed by atoms with van der Waals surface area (Å²) in [4.78, 5) is 25.5. The Hall–Kier alpha value is -2.23. The first-order valence-electron chi connectivity index (χ1n) is 8.60. The Labute approximate surface area is 168 Å². The number of ether oxygens (including phenoxy) is 2. The number of rotatable bonds is 10. The van der Waals surface area contributed by atoms with E-state index in [0.717, 1.165) is 16.7 Å². The molecule has 0 fully saturated rings. The minimum atomic E-state index is -3.24. The van der Waals surface area contributed by atoms with Gasteiger partial charge in [-0.05, 0) is 44.5 Å². The molecule has 0 amide bonds. The van der Waals surface area contributed by atoms with Gasteiger partial charge in [0.15, 0.2) is 12.7 Å². The molecule has 2 aromatic rings. The second-order valence-corrected chi connectivity index (χ2v) is 9.29. The SMILES string of the molecule is Cc1ccc(OC(C)C(=O)OCC(=O)c2ccc(CCNS(C)(=O)=O)s2)cc1. The molecule has 152 valence electrons. The highest BCUT2D eigenvalue weighted by atomic mass is 32.2. The maximum absolute atomic E-state index is 12.2. The van der Waals surface area contributed by atoms with Gasteiger partial charge in [0.25, 0.3) is 0 Å². The van der Waals surface area contributed by atoms with E-state index in [-0.39, 0.29) is 18.9 Å². The smallest absolute Gasteiger partial charge is 0.347 e. The monoisotopic (exact) mass is 425 g/mol. The van der Waals surface area contributed by atoms with Gasteiger partial charge in [-0.25, -0.2) is 17.9 Å². The lowest BCUT2D eigenvalue weighted by atomic mass is 10.2. The molecule has 0 aliphatic rings. The van der Waals surface area contributed by atoms with Crippen molar-refractivity contribution in [2.45, 2.75) is 26.4 Å². The summed E-state index contributed by atoms with van der Waals surface area (Å²) in [5.74, 6) is -0.391. The van der Waals surface area contributed by atoms with E-state index in [4.69, 9.17) is 9.47 Å². The number of thiophene rings is 1. The summed E-state index contributed by atoms with van der Waals surface area (Å²) < 4.78 is 35.1. The molecular formula is C19H23NO6S2. The molecule has 1 N–H and O–H groups in total. The minimum absolute atomic E-state index is 0.260. The molecule has 0 radical (unpaired) electrons. The van der Waals surface area contributed by atoms with Gasteiger partial charge in [-0.1, -0.05) is 17.7 Å². The van der Waals surface area contributed by atoms with Crippen molar-refractivity contribution in [3.8, 4) is 5.75 Å². The van der Waals surface area contributed by atoms with Gasteiger partial charge in [-0.15, -0.1) is 11.3 Å². The number of aryl methyl sites for hydroxylation is 1. The fourth-order valence-corrected chi connectivity index (χ4v) is 3.62. The molecule has 1 atom stereocenters. The van der Waals surface area contributed by atoms with E-state index in [0.29, 0.717) is 17.0 Å². The Morgan fingerprint density at radius 3 is 2.46 bits per heavy atom. The fraction of sp³-hybridized carbons (Fsp3) is 0.368. The lowest BCUT2D eigenvalue weighted by Gasteiger charge is -2.13. The molecule has 1 heterocycles. The minimum Gasteiger partial charge on any atom is -0.479 e. The fourth-order valence-electron chi connectivity index (χ4n) is 2.22. The molecule has 0 aliphatic heterocycles. The predicted octanol–water partition coefficient (Wildman–Crippen LogP) is 2.34. The van der Waals surface area contributed by atoms with Crippen LogP contribution in [-0.2, 0) is 26.0 Å². The van der Waals surface area contributed by atoms with Crippen LogP contribution in [0.1, 0.15) is 27.0 Å². The lowest BCUT2D eigenvalue weighted by Crippen LogP contribution is -2.28. The molecule has 9 heteroatoms. The van der Waals surface area contributed by atoms with Gasteiger partial charge in [-0.3, -0.25) is 4.79 Å². The first kappa shape index (κ1) is 22.1. The van der Waals surface area contributed by atoms with Crippen LogP contribution in [0, 0.1) is 6.92 Å². The third-order valence-electron chi connectivity index (χ3n) is 3.68. The van der Waals surface area contributed by atoms with Crippen molar-refractivity contribution in [3.05, 3.63) is 51.7 Å². The zero-order chi connectivity index (χ0) is 20.7. The van der Waals surface area contributed by atoms with Gasteiger partial charge < -0.3 is 9.47 Å². The number of carbonyl (C=O) groups is 2. The Morgan fingerprint density at radius 2 is 1.82 bits per heavy atom. The Morgan fingerprint density at radius 1 is 1.14 bits per heavy atom. The van der Waals surface area contributed by atoms with Gasteiger partial charge in [0, 0.05) is 11.4 Å². The molecule has 0 saturated carbocycles. The van der Waals surface area contributed by atoms with Crippen LogP contribution < -0.4 is 9.46 Å². The summed E-state index contributed by atoms with van der Waals surface area (Å²) in [6.07, 6.45) is 0.733. The largest absolute Gasteiger partial charge is 0.479 e. The number of ketones is 1. The summed E-state index contributed by atoms with van der Waals surface area (Å²) in [6, 6.07) is 10.7. The first-order chi connectivity index (χ1) is 13.1. The van der Waals surface area contributed by atoms with Crippen molar-refractivity contribution >= 4 is 33.1 Å². The molecule has 1 aromatic heterocycles. The first-order valence-corrected chi connectivity index (χ1v) is 11.3. The van der Waals surface area contributed by atoms with Crippen LogP contribution in [0.5, 0.6) is 5.75 Å². The summed E-state index contributed by atoms with van der Waals surface area (Å²) in [5.41, 5.74) is 1.08. The van der Waals surface area contributed by atoms with Gasteiger partial charge in [0.1, 0.15) is 5.75 Å². The van der Waals surface area contributed by atoms with Gasteiger partial charge in [0.2, 0.25) is 15.8 Å². The molecule has 2 rings (SSSR count). The second kappa shape index (κ2) is 9.81. The molecule has 0 saturated heterocycles. The Bertz CT molecular complexity index is 918. The third-order valence-corrected chi connectivity index (χ3v) is 5.60. The average Bonchev–Trinajstić information content (AvgIpc) is 3.09. The van der Waals surface area contributed by atoms with Crippen molar-refractivity contribution in [1.29, 1.82) is 0 Å². The van der Waals surface area contributed by atoms with Gasteiger partial charge in [-0.2, -0.15) is 0 Å². The molecule has 28 heavy (non-hydrogen) atoms. The van der Waals surface area contributed by atoms with Gasteiger partial charge in [0.05, 0.1) is 11.1 Å². The number of carbonyl (C=O) groups excluding carboxylic acids is 2. The number of hydrogen-bond acceptors (Lipinski definition) is 7. The number of esters is 1. The topological polar surface area (TPSA) is 98.8 Å². The maximum Gasteiger partial charge on any atom is 0.347 e. The standard InChI is InChI=1S/C19H23NO6S2/c1-13-4-6-15(7-5-13)26-14(2)19(22)25-12-17(21)18-9-8-16(27-18)10-11-20-28(3,23)24/h4-9,14,20H,10-12H2,1-3H3. The van der Waals surface area contributed by atoms with Gasteiger partial charge >= 0.3 is 5.97 Å². The lowest BCUT2D eigenvalue weighted by molar-refractivity contribution is -0.149. The van der Waals surface area contributed by atoms with Crippen molar-refractivity contribution < 1.29 is 27.5 Å². The predicted molar refractivity (Wildman–Crippen MR) is 107 cm³/mol. The highest BCUT2D eigenvalue weighted by molar-refractivity contribution is 7.88.